The second kappa shape index (κ2) is 12.7. The number of fused-ring (bicyclic) bond motifs is 13. The summed E-state index contributed by atoms with van der Waals surface area (Å²) in [6.45, 7) is 0. The van der Waals surface area contributed by atoms with Gasteiger partial charge in [0.05, 0.1) is 5.41 Å². The second-order valence-electron chi connectivity index (χ2n) is 15.3. The summed E-state index contributed by atoms with van der Waals surface area (Å²) in [5.41, 5.74) is 18.3. The molecule has 0 radical (unpaired) electrons. The highest BCUT2D eigenvalue weighted by atomic mass is 16.3. The van der Waals surface area contributed by atoms with Gasteiger partial charge in [-0.1, -0.05) is 133 Å². The van der Waals surface area contributed by atoms with Crippen LogP contribution in [0.5, 0.6) is 0 Å². The Morgan fingerprint density at radius 2 is 0.672 bits per heavy atom. The van der Waals surface area contributed by atoms with Crippen LogP contribution in [0.3, 0.4) is 0 Å². The summed E-state index contributed by atoms with van der Waals surface area (Å²) in [4.78, 5) is 4.73. The Bertz CT molecular complexity index is 3150. The van der Waals surface area contributed by atoms with E-state index in [9.17, 15) is 0 Å². The molecule has 0 amide bonds. The van der Waals surface area contributed by atoms with E-state index in [0.717, 1.165) is 56.1 Å². The van der Waals surface area contributed by atoms with Crippen LogP contribution in [-0.4, -0.2) is 0 Å². The number of rotatable bonds is 6. The van der Waals surface area contributed by atoms with E-state index in [2.05, 4.69) is 216 Å². The highest BCUT2D eigenvalue weighted by Crippen LogP contribution is 2.63. The molecule has 0 aliphatic heterocycles. The fourth-order valence-electron chi connectivity index (χ4n) is 9.88. The molecule has 12 rings (SSSR count). The van der Waals surface area contributed by atoms with Gasteiger partial charge in [0, 0.05) is 44.9 Å². The molecule has 0 saturated carbocycles. The third-order valence-corrected chi connectivity index (χ3v) is 12.2. The van der Waals surface area contributed by atoms with E-state index in [0.29, 0.717) is 0 Å². The zero-order valence-electron chi connectivity index (χ0n) is 31.6. The van der Waals surface area contributed by atoms with Crippen molar-refractivity contribution in [2.24, 2.45) is 0 Å². The minimum Gasteiger partial charge on any atom is -0.456 e. The van der Waals surface area contributed by atoms with Crippen molar-refractivity contribution in [3.8, 4) is 22.3 Å². The summed E-state index contributed by atoms with van der Waals surface area (Å²) >= 11 is 0. The van der Waals surface area contributed by atoms with Crippen molar-refractivity contribution in [2.45, 2.75) is 5.41 Å². The Balaban J connectivity index is 1.06. The van der Waals surface area contributed by atoms with Gasteiger partial charge in [0.25, 0.3) is 0 Å². The number of benzene rings is 9. The monoisotopic (exact) mass is 740 g/mol. The van der Waals surface area contributed by atoms with Crippen LogP contribution in [0.25, 0.3) is 44.2 Å². The molecule has 0 saturated heterocycles. The number of nitrogens with zero attached hydrogens (tertiary/aromatic N) is 2. The Morgan fingerprint density at radius 3 is 1.22 bits per heavy atom. The Morgan fingerprint density at radius 1 is 0.276 bits per heavy atom. The normalized spacial score (nSPS) is 14.6. The van der Waals surface area contributed by atoms with Gasteiger partial charge in [-0.3, -0.25) is 0 Å². The molecular formula is C55H36N2O. The molecule has 1 atom stereocenters. The molecule has 1 spiro atoms. The molecule has 0 N–H and O–H groups in total. The SMILES string of the molecule is c1ccc(N(c2ccccc2)c2ccc3c(c2)-c2ccccc2C32c3ccccc3-c3cc(N(c4ccccc4)c4ccc5oc6ccccc6c5c4)ccc32)cc1. The van der Waals surface area contributed by atoms with Crippen LogP contribution in [0.4, 0.5) is 34.1 Å². The lowest BCUT2D eigenvalue weighted by molar-refractivity contribution is 0.669. The van der Waals surface area contributed by atoms with Crippen molar-refractivity contribution in [3.63, 3.8) is 0 Å². The number of furan rings is 1. The predicted molar refractivity (Wildman–Crippen MR) is 239 cm³/mol. The molecule has 0 bridgehead atoms. The predicted octanol–water partition coefficient (Wildman–Crippen LogP) is 14.9. The van der Waals surface area contributed by atoms with Gasteiger partial charge < -0.3 is 14.2 Å². The number of anilines is 6. The topological polar surface area (TPSA) is 19.6 Å². The maximum atomic E-state index is 6.25. The lowest BCUT2D eigenvalue weighted by Gasteiger charge is -2.32. The van der Waals surface area contributed by atoms with Gasteiger partial charge in [-0.05, 0) is 129 Å². The van der Waals surface area contributed by atoms with Gasteiger partial charge in [0.15, 0.2) is 0 Å². The summed E-state index contributed by atoms with van der Waals surface area (Å²) < 4.78 is 6.25. The van der Waals surface area contributed by atoms with Gasteiger partial charge in [-0.15, -0.1) is 0 Å². The van der Waals surface area contributed by atoms with E-state index in [1.54, 1.807) is 0 Å². The first-order valence-electron chi connectivity index (χ1n) is 19.9. The molecule has 58 heavy (non-hydrogen) atoms. The Labute approximate surface area is 337 Å². The molecule has 272 valence electrons. The maximum absolute atomic E-state index is 6.25. The molecule has 0 fully saturated rings. The first-order valence-corrected chi connectivity index (χ1v) is 19.9. The van der Waals surface area contributed by atoms with Gasteiger partial charge in [-0.2, -0.15) is 0 Å². The fraction of sp³-hybridized carbons (Fsp3) is 0.0182. The number of hydrogen-bond acceptors (Lipinski definition) is 3. The van der Waals surface area contributed by atoms with Crippen LogP contribution < -0.4 is 9.80 Å². The van der Waals surface area contributed by atoms with Crippen LogP contribution in [-0.2, 0) is 5.41 Å². The zero-order valence-corrected chi connectivity index (χ0v) is 31.6. The first-order chi connectivity index (χ1) is 28.8. The molecule has 3 nitrogen and oxygen atoms in total. The van der Waals surface area contributed by atoms with Crippen LogP contribution in [0.2, 0.25) is 0 Å². The van der Waals surface area contributed by atoms with Gasteiger partial charge in [-0.25, -0.2) is 0 Å². The average Bonchev–Trinajstić information content (AvgIpc) is 3.91. The Hall–Kier alpha value is -7.62. The molecule has 3 heteroatoms. The molecule has 9 aromatic carbocycles. The van der Waals surface area contributed by atoms with Crippen molar-refractivity contribution in [1.82, 2.24) is 0 Å². The lowest BCUT2D eigenvalue weighted by atomic mass is 9.70. The highest BCUT2D eigenvalue weighted by molar-refractivity contribution is 6.07. The van der Waals surface area contributed by atoms with E-state index in [-0.39, 0.29) is 0 Å². The van der Waals surface area contributed by atoms with Gasteiger partial charge >= 0.3 is 0 Å². The van der Waals surface area contributed by atoms with Crippen molar-refractivity contribution in [1.29, 1.82) is 0 Å². The van der Waals surface area contributed by atoms with E-state index in [1.165, 1.54) is 44.5 Å². The van der Waals surface area contributed by atoms with E-state index < -0.39 is 5.41 Å². The highest BCUT2D eigenvalue weighted by Gasteiger charge is 2.51. The molecule has 1 heterocycles. The maximum Gasteiger partial charge on any atom is 0.135 e. The van der Waals surface area contributed by atoms with Crippen molar-refractivity contribution in [3.05, 3.63) is 241 Å². The minimum atomic E-state index is -0.467. The van der Waals surface area contributed by atoms with Crippen LogP contribution in [0.1, 0.15) is 22.3 Å². The van der Waals surface area contributed by atoms with E-state index >= 15 is 0 Å². The molecule has 2 aliphatic carbocycles. The average molecular weight is 741 g/mol. The molecule has 1 aromatic heterocycles. The summed E-state index contributed by atoms with van der Waals surface area (Å²) in [6, 6.07) is 79.2. The molecular weight excluding hydrogens is 705 g/mol. The quantitative estimate of drug-likeness (QED) is 0.169. The standard InChI is InChI=1S/C55H36N2O/c1-4-16-37(17-5-1)56(38-18-6-2-7-19-38)40-28-31-51-46(34-40)43-22-10-13-25-49(43)55(51)50-26-14-11-23-44(50)47-35-41(29-32-52(47)55)57(39-20-8-3-9-21-39)42-30-33-54-48(36-42)45-24-12-15-27-53(45)58-54/h1-36H. The van der Waals surface area contributed by atoms with Crippen molar-refractivity contribution in [2.75, 3.05) is 9.80 Å². The van der Waals surface area contributed by atoms with E-state index in [1.807, 2.05) is 12.1 Å². The third kappa shape index (κ3) is 4.68. The lowest BCUT2D eigenvalue weighted by Crippen LogP contribution is -2.26. The molecule has 2 aliphatic rings. The third-order valence-electron chi connectivity index (χ3n) is 12.2. The Kier molecular flexibility index (Phi) is 7.14. The van der Waals surface area contributed by atoms with Crippen LogP contribution in [0, 0.1) is 0 Å². The summed E-state index contributed by atoms with van der Waals surface area (Å²) in [5, 5.41) is 2.23. The van der Waals surface area contributed by atoms with E-state index in [4.69, 9.17) is 4.42 Å². The van der Waals surface area contributed by atoms with Gasteiger partial charge in [0.2, 0.25) is 0 Å². The molecule has 10 aromatic rings. The van der Waals surface area contributed by atoms with Crippen molar-refractivity contribution < 1.29 is 4.42 Å². The minimum absolute atomic E-state index is 0.467. The first kappa shape index (κ1) is 32.6. The summed E-state index contributed by atoms with van der Waals surface area (Å²) in [5.74, 6) is 0. The summed E-state index contributed by atoms with van der Waals surface area (Å²) in [6.07, 6.45) is 0. The number of hydrogen-bond donors (Lipinski definition) is 0. The van der Waals surface area contributed by atoms with Crippen LogP contribution >= 0.6 is 0 Å². The van der Waals surface area contributed by atoms with Gasteiger partial charge in [0.1, 0.15) is 11.2 Å². The zero-order chi connectivity index (χ0) is 38.2. The van der Waals surface area contributed by atoms with Crippen molar-refractivity contribution >= 4 is 56.1 Å². The fourth-order valence-corrected chi connectivity index (χ4v) is 9.88. The number of para-hydroxylation sites is 4. The van der Waals surface area contributed by atoms with Crippen LogP contribution in [0.15, 0.2) is 223 Å². The molecule has 1 unspecified atom stereocenters. The second-order valence-corrected chi connectivity index (χ2v) is 15.3. The smallest absolute Gasteiger partial charge is 0.135 e. The largest absolute Gasteiger partial charge is 0.456 e. The summed E-state index contributed by atoms with van der Waals surface area (Å²) in [7, 11) is 0.